The zero-order valence-corrected chi connectivity index (χ0v) is 33.6. The van der Waals surface area contributed by atoms with Gasteiger partial charge in [0, 0.05) is 30.7 Å². The first-order valence-electron chi connectivity index (χ1n) is 15.8. The molecule has 0 bridgehead atoms. The third kappa shape index (κ3) is 15.0. The van der Waals surface area contributed by atoms with Crippen LogP contribution in [0.3, 0.4) is 0 Å². The number of aromatic nitrogens is 4. The van der Waals surface area contributed by atoms with Crippen LogP contribution in [0.4, 0.5) is 5.82 Å². The Balaban J connectivity index is 1.47. The average molecular weight is 900 g/mol. The van der Waals surface area contributed by atoms with Gasteiger partial charge in [-0.15, -0.1) is 11.8 Å². The number of amides is 2. The maximum atomic E-state index is 12.7. The topological polar surface area (TPSA) is 401 Å². The SMILES string of the molecule is CC(C)(COP(=O)(O)OP(=O)(O)OC[C@H]1O[C@@H](n2cnc3c(N)ncnc32)[C@H](O)[C@@H]1OP(=O)(O)O)[C@@H](O)C(=O)NCCC(=O)NCCSC(=O)CSCC(=O)O. The molecule has 3 rings (SSSR count). The Morgan fingerprint density at radius 1 is 1.04 bits per heavy atom. The van der Waals surface area contributed by atoms with Crippen LogP contribution >= 0.6 is 47.0 Å². The number of fused-ring (bicyclic) bond motifs is 1. The molecule has 11 N–H and O–H groups in total. The highest BCUT2D eigenvalue weighted by Crippen LogP contribution is 2.61. The molecular formula is C25H40N7O19P3S2. The first-order valence-corrected chi connectivity index (χ1v) is 22.4. The predicted octanol–water partition coefficient (Wildman–Crippen LogP) is -1.52. The maximum Gasteiger partial charge on any atom is 0.481 e. The summed E-state index contributed by atoms with van der Waals surface area (Å²) in [5.74, 6) is -2.62. The number of nitrogens with one attached hydrogen (secondary N) is 2. The van der Waals surface area contributed by atoms with E-state index in [9.17, 15) is 62.7 Å². The van der Waals surface area contributed by atoms with Crippen molar-refractivity contribution in [3.8, 4) is 0 Å². The van der Waals surface area contributed by atoms with E-state index < -0.39 is 90.5 Å². The molecule has 2 aromatic rings. The summed E-state index contributed by atoms with van der Waals surface area (Å²) in [6.07, 6.45) is -7.07. The molecule has 0 aliphatic carbocycles. The molecule has 1 fully saturated rings. The van der Waals surface area contributed by atoms with Crippen LogP contribution in [-0.4, -0.2) is 145 Å². The summed E-state index contributed by atoms with van der Waals surface area (Å²) in [5.41, 5.74) is 4.20. The number of carboxylic acid groups (broad SMARTS) is 1. The Labute approximate surface area is 325 Å². The van der Waals surface area contributed by atoms with Crippen molar-refractivity contribution in [3.63, 3.8) is 0 Å². The van der Waals surface area contributed by atoms with Crippen LogP contribution in [0, 0.1) is 5.41 Å². The second-order valence-corrected chi connectivity index (χ2v) is 18.5. The van der Waals surface area contributed by atoms with Crippen molar-refractivity contribution in [2.45, 2.75) is 50.9 Å². The summed E-state index contributed by atoms with van der Waals surface area (Å²) in [6.45, 7) is 0.255. The number of carboxylic acids is 1. The lowest BCUT2D eigenvalue weighted by Gasteiger charge is -2.30. The Bertz CT molecular complexity index is 1870. The number of nitrogens with two attached hydrogens (primary N) is 1. The Hall–Kier alpha value is -2.62. The van der Waals surface area contributed by atoms with E-state index in [1.54, 1.807) is 0 Å². The quantitative estimate of drug-likeness (QED) is 0.0447. The molecule has 3 heterocycles. The normalized spacial score (nSPS) is 21.6. The number of phosphoric ester groups is 3. The van der Waals surface area contributed by atoms with E-state index in [1.165, 1.54) is 13.8 Å². The minimum absolute atomic E-state index is 0.00715. The molecule has 2 unspecified atom stereocenters. The zero-order valence-electron chi connectivity index (χ0n) is 29.3. The molecule has 316 valence electrons. The van der Waals surface area contributed by atoms with E-state index in [2.05, 4.69) is 34.4 Å². The van der Waals surface area contributed by atoms with E-state index in [1.807, 2.05) is 0 Å². The van der Waals surface area contributed by atoms with Gasteiger partial charge in [-0.1, -0.05) is 25.6 Å². The molecule has 1 aliphatic rings. The third-order valence-electron chi connectivity index (χ3n) is 7.21. The minimum Gasteiger partial charge on any atom is -0.481 e. The second-order valence-electron chi connectivity index (χ2n) is 12.2. The molecule has 0 aromatic carbocycles. The molecule has 31 heteroatoms. The molecule has 0 spiro atoms. The minimum atomic E-state index is -5.59. The van der Waals surface area contributed by atoms with Crippen LogP contribution < -0.4 is 16.4 Å². The van der Waals surface area contributed by atoms with Gasteiger partial charge in [0.05, 0.1) is 31.0 Å². The summed E-state index contributed by atoms with van der Waals surface area (Å²) in [6, 6.07) is 0. The van der Waals surface area contributed by atoms with Crippen molar-refractivity contribution < 1.29 is 90.4 Å². The van der Waals surface area contributed by atoms with Gasteiger partial charge in [0.15, 0.2) is 22.8 Å². The number of aliphatic hydroxyl groups is 2. The maximum absolute atomic E-state index is 12.7. The molecule has 2 amide bonds. The number of hydrogen-bond acceptors (Lipinski definition) is 20. The van der Waals surface area contributed by atoms with Gasteiger partial charge in [-0.2, -0.15) is 4.31 Å². The second kappa shape index (κ2) is 20.4. The van der Waals surface area contributed by atoms with Crippen LogP contribution in [0.1, 0.15) is 26.5 Å². The summed E-state index contributed by atoms with van der Waals surface area (Å²) < 4.78 is 61.9. The van der Waals surface area contributed by atoms with E-state index >= 15 is 0 Å². The van der Waals surface area contributed by atoms with Crippen LogP contribution in [0.5, 0.6) is 0 Å². The highest BCUT2D eigenvalue weighted by Gasteiger charge is 2.50. The van der Waals surface area contributed by atoms with Gasteiger partial charge in [0.2, 0.25) is 11.8 Å². The Kier molecular flexibility index (Phi) is 17.4. The van der Waals surface area contributed by atoms with Gasteiger partial charge < -0.3 is 56.0 Å². The van der Waals surface area contributed by atoms with Crippen molar-refractivity contribution in [1.29, 1.82) is 0 Å². The number of aliphatic carboxylic acids is 1. The van der Waals surface area contributed by atoms with E-state index in [-0.39, 0.29) is 58.9 Å². The fourth-order valence-corrected chi connectivity index (χ4v) is 8.85. The monoisotopic (exact) mass is 899 g/mol. The number of carbonyl (C=O) groups excluding carboxylic acids is 3. The Morgan fingerprint density at radius 3 is 2.38 bits per heavy atom. The molecule has 1 saturated heterocycles. The number of carbonyl (C=O) groups is 4. The first-order chi connectivity index (χ1) is 25.9. The largest absolute Gasteiger partial charge is 0.481 e. The number of phosphoric acid groups is 3. The summed E-state index contributed by atoms with van der Waals surface area (Å²) in [5, 5.41) is 34.5. The highest BCUT2D eigenvalue weighted by atomic mass is 32.2. The summed E-state index contributed by atoms with van der Waals surface area (Å²) >= 11 is 1.85. The zero-order chi connectivity index (χ0) is 42.1. The number of nitrogens with zero attached hydrogens (tertiary/aromatic N) is 4. The molecule has 56 heavy (non-hydrogen) atoms. The number of thioether (sulfide) groups is 2. The number of nitrogen functional groups attached to an aromatic ring is 1. The van der Waals surface area contributed by atoms with Crippen molar-refractivity contribution >= 4 is 86.9 Å². The number of anilines is 1. The van der Waals surface area contributed by atoms with Crippen molar-refractivity contribution in [3.05, 3.63) is 12.7 Å². The first kappa shape index (κ1) is 47.8. The van der Waals surface area contributed by atoms with Gasteiger partial charge in [0.25, 0.3) is 0 Å². The van der Waals surface area contributed by atoms with Gasteiger partial charge >= 0.3 is 29.4 Å². The molecule has 0 saturated carbocycles. The predicted molar refractivity (Wildman–Crippen MR) is 192 cm³/mol. The lowest BCUT2D eigenvalue weighted by molar-refractivity contribution is -0.137. The van der Waals surface area contributed by atoms with Crippen molar-refractivity contribution in [2.24, 2.45) is 5.41 Å². The van der Waals surface area contributed by atoms with Gasteiger partial charge in [0.1, 0.15) is 36.3 Å². The highest BCUT2D eigenvalue weighted by molar-refractivity contribution is 8.15. The summed E-state index contributed by atoms with van der Waals surface area (Å²) in [4.78, 5) is 97.5. The molecule has 1 aliphatic heterocycles. The van der Waals surface area contributed by atoms with Gasteiger partial charge in [-0.05, 0) is 0 Å². The molecule has 0 radical (unpaired) electrons. The number of hydrogen-bond donors (Lipinski definition) is 10. The van der Waals surface area contributed by atoms with Crippen molar-refractivity contribution in [2.75, 3.05) is 49.3 Å². The smallest absolute Gasteiger partial charge is 0.481 e. The lowest BCUT2D eigenvalue weighted by Crippen LogP contribution is -2.46. The van der Waals surface area contributed by atoms with E-state index in [4.69, 9.17) is 24.6 Å². The molecular weight excluding hydrogens is 859 g/mol. The number of aliphatic hydroxyl groups excluding tert-OH is 2. The van der Waals surface area contributed by atoms with Crippen LogP contribution in [0.2, 0.25) is 0 Å². The molecule has 2 aromatic heterocycles. The van der Waals surface area contributed by atoms with Gasteiger partial charge in [-0.25, -0.2) is 28.6 Å². The van der Waals surface area contributed by atoms with E-state index in [0.717, 1.165) is 40.7 Å². The fourth-order valence-electron chi connectivity index (χ4n) is 4.56. The standard InChI is InChI=1S/C25H40N7O19P3S2/c1-25(2,20(38)23(39)28-4-3-14(33)27-5-6-56-16(36)9-55-8-15(34)35)10-48-54(45,46)51-53(43,44)47-7-13-19(50-52(40,41)42)18(37)24(49-13)32-12-31-17-21(26)29-11-30-22(17)32/h11-13,18-20,24,37-38H,3-10H2,1-2H3,(H,27,33)(H,28,39)(H,34,35)(H,43,44)(H,45,46)(H2,26,29,30)(H2,40,41,42)/t13-,18-,19-,20+,24-/m1/s1. The van der Waals surface area contributed by atoms with Crippen LogP contribution in [0.15, 0.2) is 12.7 Å². The fraction of sp³-hybridized carbons (Fsp3) is 0.640. The Morgan fingerprint density at radius 2 is 1.71 bits per heavy atom. The summed E-state index contributed by atoms with van der Waals surface area (Å²) in [7, 11) is -16.4. The molecule has 7 atom stereocenters. The molecule has 26 nitrogen and oxygen atoms in total. The number of imidazole rings is 1. The lowest BCUT2D eigenvalue weighted by atomic mass is 9.87. The number of rotatable bonds is 23. The third-order valence-corrected chi connectivity index (χ3v) is 12.3. The van der Waals surface area contributed by atoms with Crippen LogP contribution in [-0.2, 0) is 55.5 Å². The average Bonchev–Trinajstić information content (AvgIpc) is 3.64. The van der Waals surface area contributed by atoms with Crippen LogP contribution in [0.25, 0.3) is 11.2 Å². The van der Waals surface area contributed by atoms with E-state index in [0.29, 0.717) is 0 Å². The van der Waals surface area contributed by atoms with Gasteiger partial charge in [-0.3, -0.25) is 37.3 Å². The number of ether oxygens (including phenoxy) is 1. The van der Waals surface area contributed by atoms with Crippen molar-refractivity contribution in [1.82, 2.24) is 30.2 Å².